The highest BCUT2D eigenvalue weighted by Gasteiger charge is 2.10. The molecule has 2 heterocycles. The normalized spacial score (nSPS) is 11.3. The third-order valence-electron chi connectivity index (χ3n) is 3.48. The summed E-state index contributed by atoms with van der Waals surface area (Å²) in [6, 6.07) is 14.1. The fraction of sp³-hybridized carbons (Fsp3) is 0. The summed E-state index contributed by atoms with van der Waals surface area (Å²) in [5.41, 5.74) is 9.34. The lowest BCUT2D eigenvalue weighted by molar-refractivity contribution is 1.30. The van der Waals surface area contributed by atoms with Crippen LogP contribution >= 0.6 is 15.9 Å². The van der Waals surface area contributed by atoms with Crippen LogP contribution in [0.15, 0.2) is 53.1 Å². The lowest BCUT2D eigenvalue weighted by Gasteiger charge is -2.05. The molecular formula is C16H11BrN4. The second-order valence-electron chi connectivity index (χ2n) is 4.90. The van der Waals surface area contributed by atoms with Crippen LogP contribution < -0.4 is 5.73 Å². The number of fused-ring (bicyclic) bond motifs is 2. The van der Waals surface area contributed by atoms with E-state index in [0.29, 0.717) is 11.3 Å². The molecule has 0 saturated carbocycles. The van der Waals surface area contributed by atoms with Gasteiger partial charge in [-0.1, -0.05) is 24.3 Å². The number of nitrogens with zero attached hydrogens (tertiary/aromatic N) is 2. The van der Waals surface area contributed by atoms with Gasteiger partial charge in [-0.05, 0) is 44.9 Å². The summed E-state index contributed by atoms with van der Waals surface area (Å²) in [6.07, 6.45) is 1.73. The number of pyridine rings is 1. The maximum atomic E-state index is 6.18. The SMILES string of the molecule is Nc1cc2ccccc2cc1-c1nc2ncc(Br)cc2[nH]1. The van der Waals surface area contributed by atoms with Gasteiger partial charge in [0.15, 0.2) is 5.65 Å². The minimum Gasteiger partial charge on any atom is -0.398 e. The Labute approximate surface area is 129 Å². The number of nitrogen functional groups attached to an aromatic ring is 1. The van der Waals surface area contributed by atoms with Crippen LogP contribution in [0.1, 0.15) is 0 Å². The van der Waals surface area contributed by atoms with Crippen LogP contribution in [0.3, 0.4) is 0 Å². The highest BCUT2D eigenvalue weighted by molar-refractivity contribution is 9.10. The van der Waals surface area contributed by atoms with Crippen molar-refractivity contribution < 1.29 is 0 Å². The van der Waals surface area contributed by atoms with Crippen molar-refractivity contribution in [2.24, 2.45) is 0 Å². The molecule has 0 fully saturated rings. The van der Waals surface area contributed by atoms with Crippen LogP contribution in [-0.2, 0) is 0 Å². The largest absolute Gasteiger partial charge is 0.398 e. The summed E-state index contributed by atoms with van der Waals surface area (Å²) in [7, 11) is 0. The standard InChI is InChI=1S/C16H11BrN4/c17-11-7-14-16(19-8-11)21-15(20-14)12-5-9-3-1-2-4-10(9)6-13(12)18/h1-8H,18H2,(H,19,20,21). The fourth-order valence-corrected chi connectivity index (χ4v) is 2.80. The number of aromatic nitrogens is 3. The van der Waals surface area contributed by atoms with Crippen molar-refractivity contribution in [3.8, 4) is 11.4 Å². The highest BCUT2D eigenvalue weighted by Crippen LogP contribution is 2.30. The molecule has 4 nitrogen and oxygen atoms in total. The first kappa shape index (κ1) is 12.3. The van der Waals surface area contributed by atoms with Crippen LogP contribution in [-0.4, -0.2) is 15.0 Å². The van der Waals surface area contributed by atoms with E-state index >= 15 is 0 Å². The molecule has 0 aliphatic carbocycles. The Bertz CT molecular complexity index is 975. The molecule has 2 aromatic carbocycles. The Hall–Kier alpha value is -2.40. The van der Waals surface area contributed by atoms with E-state index in [0.717, 1.165) is 32.1 Å². The summed E-state index contributed by atoms with van der Waals surface area (Å²) < 4.78 is 0.914. The predicted molar refractivity (Wildman–Crippen MR) is 88.9 cm³/mol. The number of aromatic amines is 1. The van der Waals surface area contributed by atoms with Crippen molar-refractivity contribution in [2.75, 3.05) is 5.73 Å². The quantitative estimate of drug-likeness (QED) is 0.513. The van der Waals surface area contributed by atoms with Gasteiger partial charge in [0.25, 0.3) is 0 Å². The maximum Gasteiger partial charge on any atom is 0.178 e. The second-order valence-corrected chi connectivity index (χ2v) is 5.81. The number of nitrogens with two attached hydrogens (primary N) is 1. The van der Waals surface area contributed by atoms with Gasteiger partial charge >= 0.3 is 0 Å². The molecule has 0 spiro atoms. The van der Waals surface area contributed by atoms with E-state index in [1.165, 1.54) is 0 Å². The molecule has 0 atom stereocenters. The lowest BCUT2D eigenvalue weighted by Crippen LogP contribution is -1.91. The molecule has 0 saturated heterocycles. The molecule has 21 heavy (non-hydrogen) atoms. The van der Waals surface area contributed by atoms with Crippen LogP contribution in [0, 0.1) is 0 Å². The molecule has 0 amide bonds. The van der Waals surface area contributed by atoms with Crippen LogP contribution in [0.5, 0.6) is 0 Å². The van der Waals surface area contributed by atoms with Gasteiger partial charge < -0.3 is 10.7 Å². The number of benzene rings is 2. The predicted octanol–water partition coefficient (Wildman–Crippen LogP) is 4.12. The molecule has 3 N–H and O–H groups in total. The van der Waals surface area contributed by atoms with Gasteiger partial charge in [-0.3, -0.25) is 0 Å². The molecule has 5 heteroatoms. The van der Waals surface area contributed by atoms with Crippen LogP contribution in [0.2, 0.25) is 0 Å². The first-order valence-electron chi connectivity index (χ1n) is 6.50. The zero-order chi connectivity index (χ0) is 14.4. The number of H-pyrrole nitrogens is 1. The Morgan fingerprint density at radius 3 is 2.62 bits per heavy atom. The van der Waals surface area contributed by atoms with Crippen molar-refractivity contribution >= 4 is 43.6 Å². The number of hydrogen-bond acceptors (Lipinski definition) is 3. The number of halogens is 1. The number of hydrogen-bond donors (Lipinski definition) is 2. The summed E-state index contributed by atoms with van der Waals surface area (Å²) >= 11 is 3.41. The Morgan fingerprint density at radius 1 is 1.05 bits per heavy atom. The van der Waals surface area contributed by atoms with E-state index in [4.69, 9.17) is 5.73 Å². The molecule has 4 rings (SSSR count). The van der Waals surface area contributed by atoms with Crippen molar-refractivity contribution in [2.45, 2.75) is 0 Å². The smallest absolute Gasteiger partial charge is 0.178 e. The van der Waals surface area contributed by atoms with Gasteiger partial charge in [-0.25, -0.2) is 9.97 Å². The van der Waals surface area contributed by atoms with E-state index in [1.54, 1.807) is 6.20 Å². The summed E-state index contributed by atoms with van der Waals surface area (Å²) in [5.74, 6) is 0.735. The van der Waals surface area contributed by atoms with Crippen molar-refractivity contribution in [1.82, 2.24) is 15.0 Å². The van der Waals surface area contributed by atoms with Crippen LogP contribution in [0.25, 0.3) is 33.3 Å². The Kier molecular flexibility index (Phi) is 2.68. The average Bonchev–Trinajstić information content (AvgIpc) is 2.89. The molecule has 0 aliphatic heterocycles. The van der Waals surface area contributed by atoms with Gasteiger partial charge in [0.05, 0.1) is 5.52 Å². The van der Waals surface area contributed by atoms with Gasteiger partial charge in [-0.2, -0.15) is 0 Å². The third-order valence-corrected chi connectivity index (χ3v) is 3.91. The summed E-state index contributed by atoms with van der Waals surface area (Å²) in [6.45, 7) is 0. The van der Waals surface area contributed by atoms with E-state index in [1.807, 2.05) is 30.3 Å². The highest BCUT2D eigenvalue weighted by atomic mass is 79.9. The molecule has 0 aliphatic rings. The first-order chi connectivity index (χ1) is 10.2. The molecular weight excluding hydrogens is 328 g/mol. The zero-order valence-electron chi connectivity index (χ0n) is 11.0. The number of anilines is 1. The average molecular weight is 339 g/mol. The maximum absolute atomic E-state index is 6.18. The third kappa shape index (κ3) is 2.06. The second kappa shape index (κ2) is 4.56. The molecule has 4 aromatic rings. The Morgan fingerprint density at radius 2 is 1.81 bits per heavy atom. The Balaban J connectivity index is 1.96. The van der Waals surface area contributed by atoms with Crippen LogP contribution in [0.4, 0.5) is 5.69 Å². The zero-order valence-corrected chi connectivity index (χ0v) is 12.6. The van der Waals surface area contributed by atoms with E-state index in [9.17, 15) is 0 Å². The first-order valence-corrected chi connectivity index (χ1v) is 7.30. The molecule has 2 aromatic heterocycles. The van der Waals surface area contributed by atoms with Gasteiger partial charge in [0.1, 0.15) is 5.82 Å². The topological polar surface area (TPSA) is 67.6 Å². The van der Waals surface area contributed by atoms with E-state index in [-0.39, 0.29) is 0 Å². The van der Waals surface area contributed by atoms with Crippen molar-refractivity contribution in [3.63, 3.8) is 0 Å². The number of imidazole rings is 1. The number of nitrogens with one attached hydrogen (secondary N) is 1. The fourth-order valence-electron chi connectivity index (χ4n) is 2.47. The van der Waals surface area contributed by atoms with Crippen molar-refractivity contribution in [1.29, 1.82) is 0 Å². The summed E-state index contributed by atoms with van der Waals surface area (Å²) in [5, 5.41) is 2.26. The minimum atomic E-state index is 0.681. The van der Waals surface area contributed by atoms with Crippen molar-refractivity contribution in [3.05, 3.63) is 53.1 Å². The van der Waals surface area contributed by atoms with Gasteiger partial charge in [-0.15, -0.1) is 0 Å². The molecule has 102 valence electrons. The van der Waals surface area contributed by atoms with E-state index in [2.05, 4.69) is 43.0 Å². The molecule has 0 radical (unpaired) electrons. The minimum absolute atomic E-state index is 0.681. The van der Waals surface area contributed by atoms with E-state index < -0.39 is 0 Å². The number of rotatable bonds is 1. The van der Waals surface area contributed by atoms with Gasteiger partial charge in [0.2, 0.25) is 0 Å². The molecule has 0 bridgehead atoms. The molecule has 0 unspecified atom stereocenters. The van der Waals surface area contributed by atoms with Gasteiger partial charge in [0, 0.05) is 21.9 Å². The lowest BCUT2D eigenvalue weighted by atomic mass is 10.0. The monoisotopic (exact) mass is 338 g/mol. The summed E-state index contributed by atoms with van der Waals surface area (Å²) in [4.78, 5) is 12.1.